The van der Waals surface area contributed by atoms with Crippen LogP contribution in [0.25, 0.3) is 0 Å². The van der Waals surface area contributed by atoms with Crippen molar-refractivity contribution in [2.75, 3.05) is 13.2 Å². The second-order valence-corrected chi connectivity index (χ2v) is 7.19. The van der Waals surface area contributed by atoms with Gasteiger partial charge in [-0.25, -0.2) is 0 Å². The summed E-state index contributed by atoms with van der Waals surface area (Å²) in [6, 6.07) is 6.41. The highest BCUT2D eigenvalue weighted by molar-refractivity contribution is 5.79. The van der Waals surface area contributed by atoms with Gasteiger partial charge in [0.15, 0.2) is 0 Å². The lowest BCUT2D eigenvalue weighted by Crippen LogP contribution is -2.46. The molecule has 0 aliphatic carbocycles. The molecule has 1 atom stereocenters. The van der Waals surface area contributed by atoms with Crippen molar-refractivity contribution in [3.8, 4) is 5.75 Å². The molecule has 0 N–H and O–H groups in total. The molecule has 1 amide bonds. The quantitative estimate of drug-likeness (QED) is 0.860. The largest absolute Gasteiger partial charge is 0.493 e. The number of rotatable bonds is 4. The molecule has 0 bridgehead atoms. The molecule has 0 saturated carbocycles. The minimum absolute atomic E-state index is 0.229. The first-order valence-electron chi connectivity index (χ1n) is 9.22. The number of hydrogen-bond acceptors (Lipinski definition) is 3. The second-order valence-electron chi connectivity index (χ2n) is 7.19. The maximum atomic E-state index is 12.9. The lowest BCUT2D eigenvalue weighted by molar-refractivity contribution is -0.134. The highest BCUT2D eigenvalue weighted by Crippen LogP contribution is 2.27. The van der Waals surface area contributed by atoms with Gasteiger partial charge >= 0.3 is 0 Å². The molecule has 5 heteroatoms. The van der Waals surface area contributed by atoms with Gasteiger partial charge in [0.2, 0.25) is 5.91 Å². The van der Waals surface area contributed by atoms with Crippen LogP contribution >= 0.6 is 0 Å². The van der Waals surface area contributed by atoms with E-state index in [1.165, 1.54) is 12.0 Å². The number of benzene rings is 1. The fourth-order valence-corrected chi connectivity index (χ4v) is 3.93. The standard InChI is InChI=1S/C20H25N3O2/c1-15-12-21-22(13-15)14-18-4-2-3-8-23(18)20(24)11-16-5-6-19-17(10-16)7-9-25-19/h5-6,10,12-13,18H,2-4,7-9,11,14H2,1H3/t18-/m0/s1. The molecule has 1 fully saturated rings. The number of carbonyl (C=O) groups excluding carboxylic acids is 1. The van der Waals surface area contributed by atoms with Gasteiger partial charge in [0, 0.05) is 19.2 Å². The van der Waals surface area contributed by atoms with E-state index >= 15 is 0 Å². The van der Waals surface area contributed by atoms with Gasteiger partial charge in [0.1, 0.15) is 5.75 Å². The summed E-state index contributed by atoms with van der Waals surface area (Å²) < 4.78 is 7.53. The van der Waals surface area contributed by atoms with Gasteiger partial charge in [-0.1, -0.05) is 12.1 Å². The third kappa shape index (κ3) is 3.55. The Kier molecular flexibility index (Phi) is 4.47. The number of likely N-dealkylation sites (tertiary alicyclic amines) is 1. The third-order valence-corrected chi connectivity index (χ3v) is 5.22. The number of piperidine rings is 1. The smallest absolute Gasteiger partial charge is 0.227 e. The minimum atomic E-state index is 0.229. The van der Waals surface area contributed by atoms with E-state index in [-0.39, 0.29) is 11.9 Å². The topological polar surface area (TPSA) is 47.4 Å². The van der Waals surface area contributed by atoms with Crippen molar-refractivity contribution in [2.45, 2.75) is 51.6 Å². The van der Waals surface area contributed by atoms with Gasteiger partial charge < -0.3 is 9.64 Å². The van der Waals surface area contributed by atoms with E-state index in [9.17, 15) is 4.79 Å². The van der Waals surface area contributed by atoms with Crippen molar-refractivity contribution < 1.29 is 9.53 Å². The molecule has 132 valence electrons. The van der Waals surface area contributed by atoms with E-state index in [1.807, 2.05) is 29.9 Å². The average Bonchev–Trinajstić information content (AvgIpc) is 3.23. The molecule has 4 rings (SSSR count). The third-order valence-electron chi connectivity index (χ3n) is 5.22. The number of aromatic nitrogens is 2. The summed E-state index contributed by atoms with van der Waals surface area (Å²) in [6.07, 6.45) is 8.69. The second kappa shape index (κ2) is 6.90. The summed E-state index contributed by atoms with van der Waals surface area (Å²) in [5.41, 5.74) is 3.48. The van der Waals surface area contributed by atoms with Crippen LogP contribution in [0.15, 0.2) is 30.6 Å². The zero-order chi connectivity index (χ0) is 17.2. The van der Waals surface area contributed by atoms with Crippen molar-refractivity contribution in [2.24, 2.45) is 0 Å². The van der Waals surface area contributed by atoms with Gasteiger partial charge in [-0.2, -0.15) is 5.10 Å². The van der Waals surface area contributed by atoms with Crippen LogP contribution in [0.2, 0.25) is 0 Å². The van der Waals surface area contributed by atoms with Crippen LogP contribution in [0.5, 0.6) is 5.75 Å². The number of ether oxygens (including phenoxy) is 1. The zero-order valence-corrected chi connectivity index (χ0v) is 14.8. The van der Waals surface area contributed by atoms with E-state index in [4.69, 9.17) is 4.74 Å². The van der Waals surface area contributed by atoms with Crippen molar-refractivity contribution in [3.63, 3.8) is 0 Å². The van der Waals surface area contributed by atoms with E-state index < -0.39 is 0 Å². The first-order chi connectivity index (χ1) is 12.2. The van der Waals surface area contributed by atoms with Crippen molar-refractivity contribution >= 4 is 5.91 Å². The van der Waals surface area contributed by atoms with Crippen LogP contribution in [0, 0.1) is 6.92 Å². The highest BCUT2D eigenvalue weighted by Gasteiger charge is 2.27. The Hall–Kier alpha value is -2.30. The molecule has 1 saturated heterocycles. The maximum absolute atomic E-state index is 12.9. The van der Waals surface area contributed by atoms with Gasteiger partial charge in [0.25, 0.3) is 0 Å². The van der Waals surface area contributed by atoms with Crippen molar-refractivity contribution in [1.82, 2.24) is 14.7 Å². The van der Waals surface area contributed by atoms with Gasteiger partial charge in [0.05, 0.1) is 31.8 Å². The molecule has 2 aliphatic rings. The number of aryl methyl sites for hydroxylation is 1. The van der Waals surface area contributed by atoms with E-state index in [2.05, 4.69) is 22.3 Å². The highest BCUT2D eigenvalue weighted by atomic mass is 16.5. The number of carbonyl (C=O) groups is 1. The SMILES string of the molecule is Cc1cnn(C[C@@H]2CCCCN2C(=O)Cc2ccc3c(c2)CCO3)c1. The van der Waals surface area contributed by atoms with Gasteiger partial charge in [-0.3, -0.25) is 9.48 Å². The van der Waals surface area contributed by atoms with Crippen LogP contribution in [-0.4, -0.2) is 39.8 Å². The molecule has 0 unspecified atom stereocenters. The zero-order valence-electron chi connectivity index (χ0n) is 14.8. The Morgan fingerprint density at radius 3 is 3.12 bits per heavy atom. The van der Waals surface area contributed by atoms with Crippen molar-refractivity contribution in [1.29, 1.82) is 0 Å². The molecule has 1 aromatic carbocycles. The fraction of sp³-hybridized carbons (Fsp3) is 0.500. The van der Waals surface area contributed by atoms with Crippen molar-refractivity contribution in [3.05, 3.63) is 47.3 Å². The van der Waals surface area contributed by atoms with E-state index in [0.29, 0.717) is 6.42 Å². The number of hydrogen-bond donors (Lipinski definition) is 0. The van der Waals surface area contributed by atoms with Crippen LogP contribution in [0.4, 0.5) is 0 Å². The maximum Gasteiger partial charge on any atom is 0.227 e. The Labute approximate surface area is 148 Å². The normalized spacial score (nSPS) is 19.6. The summed E-state index contributed by atoms with van der Waals surface area (Å²) in [7, 11) is 0. The number of nitrogens with zero attached hydrogens (tertiary/aromatic N) is 3. The van der Waals surface area contributed by atoms with E-state index in [0.717, 1.165) is 55.8 Å². The predicted molar refractivity (Wildman–Crippen MR) is 95.7 cm³/mol. The summed E-state index contributed by atoms with van der Waals surface area (Å²) in [5.74, 6) is 1.20. The van der Waals surface area contributed by atoms with Gasteiger partial charge in [-0.15, -0.1) is 0 Å². The molecule has 0 radical (unpaired) electrons. The molecular formula is C20H25N3O2. The fourth-order valence-electron chi connectivity index (χ4n) is 3.93. The molecular weight excluding hydrogens is 314 g/mol. The minimum Gasteiger partial charge on any atom is -0.493 e. The Balaban J connectivity index is 1.45. The van der Waals surface area contributed by atoms with Gasteiger partial charge in [-0.05, 0) is 48.9 Å². The summed E-state index contributed by atoms with van der Waals surface area (Å²) >= 11 is 0. The first kappa shape index (κ1) is 16.2. The monoisotopic (exact) mass is 339 g/mol. The van der Waals surface area contributed by atoms with Crippen LogP contribution in [-0.2, 0) is 24.2 Å². The molecule has 0 spiro atoms. The molecule has 25 heavy (non-hydrogen) atoms. The summed E-state index contributed by atoms with van der Waals surface area (Å²) in [4.78, 5) is 15.0. The first-order valence-corrected chi connectivity index (χ1v) is 9.22. The summed E-state index contributed by atoms with van der Waals surface area (Å²) in [6.45, 7) is 4.45. The lowest BCUT2D eigenvalue weighted by Gasteiger charge is -2.36. The lowest BCUT2D eigenvalue weighted by atomic mass is 10.00. The Bertz CT molecular complexity index is 768. The average molecular weight is 339 g/mol. The Morgan fingerprint density at radius 2 is 2.28 bits per heavy atom. The predicted octanol–water partition coefficient (Wildman–Crippen LogP) is 2.75. The van der Waals surface area contributed by atoms with Crippen LogP contribution < -0.4 is 4.74 Å². The number of fused-ring (bicyclic) bond motifs is 1. The molecule has 1 aromatic heterocycles. The van der Waals surface area contributed by atoms with E-state index in [1.54, 1.807) is 0 Å². The molecule has 2 aromatic rings. The summed E-state index contributed by atoms with van der Waals surface area (Å²) in [5, 5.41) is 4.39. The Morgan fingerprint density at radius 1 is 1.36 bits per heavy atom. The molecule has 5 nitrogen and oxygen atoms in total. The molecule has 3 heterocycles. The number of amides is 1. The molecule has 2 aliphatic heterocycles. The van der Waals surface area contributed by atoms with Crippen LogP contribution in [0.3, 0.4) is 0 Å². The van der Waals surface area contributed by atoms with Crippen LogP contribution in [0.1, 0.15) is 36.0 Å².